The normalized spacial score (nSPS) is 15.8. The Morgan fingerprint density at radius 1 is 0.848 bits per heavy atom. The number of fused-ring (bicyclic) bond motifs is 1. The van der Waals surface area contributed by atoms with Crippen LogP contribution in [0.4, 0.5) is 15.8 Å². The van der Waals surface area contributed by atoms with E-state index in [4.69, 9.17) is 0 Å². The van der Waals surface area contributed by atoms with Crippen LogP contribution < -0.4 is 9.80 Å². The van der Waals surface area contributed by atoms with Crippen LogP contribution in [0.2, 0.25) is 0 Å². The second-order valence-corrected chi connectivity index (χ2v) is 8.53. The second kappa shape index (κ2) is 8.20. The van der Waals surface area contributed by atoms with Crippen LogP contribution in [0.15, 0.2) is 78.5 Å². The predicted molar refractivity (Wildman–Crippen MR) is 127 cm³/mol. The molecule has 0 N–H and O–H groups in total. The van der Waals surface area contributed by atoms with Crippen LogP contribution in [-0.2, 0) is 22.6 Å². The summed E-state index contributed by atoms with van der Waals surface area (Å²) in [6.45, 7) is 1.17. The van der Waals surface area contributed by atoms with Crippen molar-refractivity contribution in [1.82, 2.24) is 4.90 Å². The van der Waals surface area contributed by atoms with E-state index in [-0.39, 0.29) is 11.7 Å². The zero-order valence-electron chi connectivity index (χ0n) is 18.6. The fraction of sp³-hybridized carbons (Fsp3) is 0.185. The molecule has 6 heteroatoms. The lowest BCUT2D eigenvalue weighted by Gasteiger charge is -2.31. The number of rotatable bonds is 4. The Morgan fingerprint density at radius 3 is 2.30 bits per heavy atom. The minimum Gasteiger partial charge on any atom is -0.378 e. The van der Waals surface area contributed by atoms with Gasteiger partial charge in [0.25, 0.3) is 11.8 Å². The molecule has 0 bridgehead atoms. The quantitative estimate of drug-likeness (QED) is 0.569. The fourth-order valence-corrected chi connectivity index (χ4v) is 4.52. The van der Waals surface area contributed by atoms with Gasteiger partial charge < -0.3 is 9.80 Å². The van der Waals surface area contributed by atoms with E-state index in [9.17, 15) is 14.0 Å². The van der Waals surface area contributed by atoms with Gasteiger partial charge >= 0.3 is 0 Å². The van der Waals surface area contributed by atoms with Gasteiger partial charge in [0.15, 0.2) is 0 Å². The zero-order chi connectivity index (χ0) is 23.1. The third-order valence-electron chi connectivity index (χ3n) is 6.24. The van der Waals surface area contributed by atoms with E-state index in [0.717, 1.165) is 17.7 Å². The van der Waals surface area contributed by atoms with Gasteiger partial charge in [-0.15, -0.1) is 0 Å². The molecule has 2 heterocycles. The van der Waals surface area contributed by atoms with Crippen LogP contribution in [0.5, 0.6) is 0 Å². The molecule has 0 atom stereocenters. The van der Waals surface area contributed by atoms with Gasteiger partial charge in [0.05, 0.1) is 11.3 Å². The molecule has 166 valence electrons. The number of anilines is 2. The number of carbonyl (C=O) groups excluding carboxylic acids is 2. The van der Waals surface area contributed by atoms with E-state index >= 15 is 0 Å². The van der Waals surface area contributed by atoms with Crippen LogP contribution in [0, 0.1) is 5.82 Å². The lowest BCUT2D eigenvalue weighted by Crippen LogP contribution is -2.37. The van der Waals surface area contributed by atoms with Gasteiger partial charge in [0.1, 0.15) is 11.5 Å². The minimum absolute atomic E-state index is 0.314. The van der Waals surface area contributed by atoms with Crippen LogP contribution in [0.25, 0.3) is 5.57 Å². The molecule has 5 nitrogen and oxygen atoms in total. The highest BCUT2D eigenvalue weighted by Gasteiger charge is 2.43. The Hall–Kier alpha value is -3.93. The van der Waals surface area contributed by atoms with Crippen molar-refractivity contribution in [2.24, 2.45) is 0 Å². The minimum atomic E-state index is -0.392. The molecule has 0 saturated heterocycles. The van der Waals surface area contributed by atoms with Crippen molar-refractivity contribution in [3.05, 3.63) is 101 Å². The number of carbonyl (C=O) groups is 2. The Balaban J connectivity index is 1.61. The molecule has 33 heavy (non-hydrogen) atoms. The molecular weight excluding hydrogens is 417 g/mol. The first-order chi connectivity index (χ1) is 15.9. The van der Waals surface area contributed by atoms with Gasteiger partial charge in [-0.3, -0.25) is 9.59 Å². The summed E-state index contributed by atoms with van der Waals surface area (Å²) in [5, 5.41) is 0. The molecule has 0 saturated carbocycles. The van der Waals surface area contributed by atoms with Gasteiger partial charge in [0, 0.05) is 32.9 Å². The highest BCUT2D eigenvalue weighted by atomic mass is 19.1. The average Bonchev–Trinajstić information content (AvgIpc) is 3.09. The van der Waals surface area contributed by atoms with E-state index in [1.807, 2.05) is 54.2 Å². The molecule has 3 aromatic carbocycles. The zero-order valence-corrected chi connectivity index (χ0v) is 18.6. The summed E-state index contributed by atoms with van der Waals surface area (Å²) in [5.74, 6) is -1.13. The number of nitrogens with zero attached hydrogens (tertiary/aromatic N) is 3. The molecule has 0 aromatic heterocycles. The van der Waals surface area contributed by atoms with Crippen LogP contribution in [-0.4, -0.2) is 37.4 Å². The van der Waals surface area contributed by atoms with Crippen molar-refractivity contribution in [1.29, 1.82) is 0 Å². The van der Waals surface area contributed by atoms with Crippen molar-refractivity contribution in [3.8, 4) is 0 Å². The summed E-state index contributed by atoms with van der Waals surface area (Å²) in [6, 6.07) is 21.3. The number of benzene rings is 3. The van der Waals surface area contributed by atoms with E-state index in [0.29, 0.717) is 35.6 Å². The lowest BCUT2D eigenvalue weighted by atomic mass is 9.98. The SMILES string of the molecule is CN(C)c1cccc(N2C(=O)C(c3ccc(F)cc3)=C(N3CCc4ccccc4C3)C2=O)c1. The van der Waals surface area contributed by atoms with Gasteiger partial charge in [0.2, 0.25) is 0 Å². The molecule has 0 aliphatic carbocycles. The van der Waals surface area contributed by atoms with E-state index in [1.165, 1.54) is 22.6 Å². The molecular formula is C27H24FN3O2. The fourth-order valence-electron chi connectivity index (χ4n) is 4.52. The van der Waals surface area contributed by atoms with Gasteiger partial charge in [-0.2, -0.15) is 0 Å². The Bertz CT molecular complexity index is 1280. The number of halogens is 1. The van der Waals surface area contributed by atoms with E-state index in [1.54, 1.807) is 18.2 Å². The maximum absolute atomic E-state index is 13.8. The maximum atomic E-state index is 13.8. The molecule has 2 aliphatic rings. The number of amides is 2. The summed E-state index contributed by atoms with van der Waals surface area (Å²) >= 11 is 0. The topological polar surface area (TPSA) is 43.9 Å². The average molecular weight is 442 g/mol. The highest BCUT2D eigenvalue weighted by molar-refractivity contribution is 6.45. The molecule has 2 amide bonds. The largest absolute Gasteiger partial charge is 0.378 e. The van der Waals surface area contributed by atoms with Gasteiger partial charge in [-0.05, 0) is 53.4 Å². The first-order valence-electron chi connectivity index (χ1n) is 10.9. The maximum Gasteiger partial charge on any atom is 0.282 e. The van der Waals surface area contributed by atoms with Crippen molar-refractivity contribution in [3.63, 3.8) is 0 Å². The molecule has 5 rings (SSSR count). The third-order valence-corrected chi connectivity index (χ3v) is 6.24. The summed E-state index contributed by atoms with van der Waals surface area (Å²) in [6.07, 6.45) is 0.786. The molecule has 0 radical (unpaired) electrons. The summed E-state index contributed by atoms with van der Waals surface area (Å²) in [5.41, 5.74) is 5.02. The highest BCUT2D eigenvalue weighted by Crippen LogP contribution is 2.37. The number of hydrogen-bond donors (Lipinski definition) is 0. The number of hydrogen-bond acceptors (Lipinski definition) is 4. The molecule has 2 aliphatic heterocycles. The monoisotopic (exact) mass is 441 g/mol. The Labute approximate surface area is 192 Å². The first kappa shape index (κ1) is 20.9. The van der Waals surface area contributed by atoms with Crippen LogP contribution in [0.1, 0.15) is 16.7 Å². The van der Waals surface area contributed by atoms with Crippen molar-refractivity contribution >= 4 is 28.8 Å². The number of imide groups is 1. The standard InChI is InChI=1S/C27H24FN3O2/c1-29(2)22-8-5-9-23(16-22)31-26(32)24(19-10-12-21(28)13-11-19)25(27(31)33)30-15-14-18-6-3-4-7-20(18)17-30/h3-13,16H,14-15,17H2,1-2H3. The first-order valence-corrected chi connectivity index (χ1v) is 10.9. The van der Waals surface area contributed by atoms with Gasteiger partial charge in [-0.25, -0.2) is 9.29 Å². The Kier molecular flexibility index (Phi) is 5.21. The van der Waals surface area contributed by atoms with Crippen molar-refractivity contribution in [2.45, 2.75) is 13.0 Å². The lowest BCUT2D eigenvalue weighted by molar-refractivity contribution is -0.120. The third kappa shape index (κ3) is 3.67. The van der Waals surface area contributed by atoms with Crippen molar-refractivity contribution in [2.75, 3.05) is 30.4 Å². The summed E-state index contributed by atoms with van der Waals surface area (Å²) in [7, 11) is 3.82. The molecule has 0 unspecified atom stereocenters. The van der Waals surface area contributed by atoms with Crippen molar-refractivity contribution < 1.29 is 14.0 Å². The van der Waals surface area contributed by atoms with Crippen LogP contribution >= 0.6 is 0 Å². The molecule has 0 fully saturated rings. The second-order valence-electron chi connectivity index (χ2n) is 8.53. The van der Waals surface area contributed by atoms with E-state index < -0.39 is 5.91 Å². The predicted octanol–water partition coefficient (Wildman–Crippen LogP) is 4.23. The molecule has 3 aromatic rings. The summed E-state index contributed by atoms with van der Waals surface area (Å²) < 4.78 is 13.6. The Morgan fingerprint density at radius 2 is 1.58 bits per heavy atom. The summed E-state index contributed by atoms with van der Waals surface area (Å²) in [4.78, 5) is 32.6. The molecule has 0 spiro atoms. The smallest absolute Gasteiger partial charge is 0.282 e. The van der Waals surface area contributed by atoms with Gasteiger partial charge in [-0.1, -0.05) is 42.5 Å². The van der Waals surface area contributed by atoms with E-state index in [2.05, 4.69) is 12.1 Å². The van der Waals surface area contributed by atoms with Crippen LogP contribution in [0.3, 0.4) is 0 Å².